The first-order valence-electron chi connectivity index (χ1n) is 13.6. The molecule has 11 nitrogen and oxygen atoms in total. The average Bonchev–Trinajstić information content (AvgIpc) is 3.51. The number of halogens is 2. The van der Waals surface area contributed by atoms with Gasteiger partial charge >= 0.3 is 12.1 Å². The molecule has 0 saturated carbocycles. The van der Waals surface area contributed by atoms with Crippen molar-refractivity contribution in [1.82, 2.24) is 14.6 Å². The van der Waals surface area contributed by atoms with Crippen LogP contribution in [0.5, 0.6) is 0 Å². The highest BCUT2D eigenvalue weighted by Gasteiger charge is 2.46. The van der Waals surface area contributed by atoms with Crippen molar-refractivity contribution in [3.05, 3.63) is 95.5 Å². The number of carbonyl (C=O) groups is 3. The first-order valence-corrected chi connectivity index (χ1v) is 15.9. The maximum atomic E-state index is 14.6. The summed E-state index contributed by atoms with van der Waals surface area (Å²) in [6.07, 6.45) is -3.22. The van der Waals surface area contributed by atoms with Gasteiger partial charge in [-0.3, -0.25) is 4.79 Å². The van der Waals surface area contributed by atoms with E-state index in [1.165, 1.54) is 17.6 Å². The van der Waals surface area contributed by atoms with E-state index in [0.29, 0.717) is 21.3 Å². The fourth-order valence-corrected chi connectivity index (χ4v) is 7.25. The summed E-state index contributed by atoms with van der Waals surface area (Å²) in [5, 5.41) is 12.6. The Balaban J connectivity index is 1.95. The molecule has 2 atom stereocenters. The molecule has 4 N–H and O–H groups in total. The van der Waals surface area contributed by atoms with E-state index in [0.717, 1.165) is 24.5 Å². The zero-order valence-corrected chi connectivity index (χ0v) is 25.5. The first-order chi connectivity index (χ1) is 21.4. The molecule has 0 saturated heterocycles. The smallest absolute Gasteiger partial charge is 0.407 e. The van der Waals surface area contributed by atoms with Gasteiger partial charge in [0.15, 0.2) is 0 Å². The molecule has 45 heavy (non-hydrogen) atoms. The van der Waals surface area contributed by atoms with Gasteiger partial charge < -0.3 is 20.9 Å². The number of aromatic nitrogens is 1. The summed E-state index contributed by atoms with van der Waals surface area (Å²) in [7, 11) is -4.03. The minimum Gasteiger partial charge on any atom is -0.480 e. The summed E-state index contributed by atoms with van der Waals surface area (Å²) in [6.45, 7) is -1.13. The van der Waals surface area contributed by atoms with Crippen LogP contribution in [0, 0.1) is 0 Å². The number of carboxylic acids is 1. The first kappa shape index (κ1) is 33.4. The van der Waals surface area contributed by atoms with E-state index in [-0.39, 0.29) is 4.31 Å². The third kappa shape index (κ3) is 7.61. The van der Waals surface area contributed by atoms with Gasteiger partial charge in [0.05, 0.1) is 34.3 Å². The number of methoxy groups -OCH3 is 1. The fourth-order valence-electron chi connectivity index (χ4n) is 4.85. The van der Waals surface area contributed by atoms with Crippen molar-refractivity contribution in [2.75, 3.05) is 13.7 Å². The monoisotopic (exact) mass is 660 g/mol. The Kier molecular flexibility index (Phi) is 10.5. The molecule has 0 radical (unpaired) electrons. The average molecular weight is 661 g/mol. The molecule has 238 valence electrons. The van der Waals surface area contributed by atoms with E-state index in [1.54, 1.807) is 60.7 Å². The maximum absolute atomic E-state index is 14.6. The summed E-state index contributed by atoms with van der Waals surface area (Å²) < 4.78 is 62.4. The van der Waals surface area contributed by atoms with Gasteiger partial charge in [-0.1, -0.05) is 60.7 Å². The second-order valence-corrected chi connectivity index (χ2v) is 12.7. The number of carbonyl (C=O) groups excluding carboxylic acids is 2. The Morgan fingerprint density at radius 1 is 1.04 bits per heavy atom. The summed E-state index contributed by atoms with van der Waals surface area (Å²) in [6, 6.07) is 16.3. The number of nitrogens with two attached hydrogens (primary N) is 1. The van der Waals surface area contributed by atoms with Gasteiger partial charge in [0, 0.05) is 12.3 Å². The lowest BCUT2D eigenvalue weighted by Gasteiger charge is -2.35. The van der Waals surface area contributed by atoms with Crippen LogP contribution < -0.4 is 11.1 Å². The van der Waals surface area contributed by atoms with E-state index in [4.69, 9.17) is 10.5 Å². The summed E-state index contributed by atoms with van der Waals surface area (Å²) in [5.74, 6) is -7.86. The number of amides is 2. The summed E-state index contributed by atoms with van der Waals surface area (Å²) in [5.41, 5.74) is 7.99. The van der Waals surface area contributed by atoms with Gasteiger partial charge in [-0.05, 0) is 35.7 Å². The topological polar surface area (TPSA) is 169 Å². The van der Waals surface area contributed by atoms with Gasteiger partial charge in [-0.15, -0.1) is 11.3 Å². The van der Waals surface area contributed by atoms with Crippen molar-refractivity contribution in [1.29, 1.82) is 0 Å². The van der Waals surface area contributed by atoms with Gasteiger partial charge in [-0.2, -0.15) is 0 Å². The quantitative estimate of drug-likeness (QED) is 0.190. The van der Waals surface area contributed by atoms with Crippen LogP contribution in [0.2, 0.25) is 0 Å². The molecule has 0 unspecified atom stereocenters. The highest BCUT2D eigenvalue weighted by atomic mass is 32.2. The number of alkyl carbamates (subject to hydrolysis) is 1. The minimum atomic E-state index is -5.06. The summed E-state index contributed by atoms with van der Waals surface area (Å²) in [4.78, 5) is 43.6. The molecule has 3 aromatic carbocycles. The third-order valence-electron chi connectivity index (χ3n) is 7.10. The number of fused-ring (bicyclic) bond motifs is 1. The second kappa shape index (κ2) is 14.1. The molecular weight excluding hydrogens is 630 g/mol. The van der Waals surface area contributed by atoms with Crippen LogP contribution >= 0.6 is 11.3 Å². The molecule has 0 aliphatic heterocycles. The molecule has 2 amide bonds. The molecule has 0 spiro atoms. The van der Waals surface area contributed by atoms with Crippen molar-refractivity contribution < 1.29 is 41.4 Å². The molecule has 0 aliphatic carbocycles. The molecular formula is C30H30F2N4O7S2. The van der Waals surface area contributed by atoms with Crippen LogP contribution in [-0.4, -0.2) is 72.4 Å². The molecule has 1 aromatic heterocycles. The van der Waals surface area contributed by atoms with Gasteiger partial charge in [0.25, 0.3) is 21.9 Å². The Hall–Kier alpha value is -4.47. The van der Waals surface area contributed by atoms with Crippen LogP contribution in [0.3, 0.4) is 0 Å². The maximum Gasteiger partial charge on any atom is 0.407 e. The lowest BCUT2D eigenvalue weighted by atomic mass is 9.84. The molecule has 4 aromatic rings. The standard InChI is InChI=1S/C30H30F2N4O7S2/c1-43-29(40)35-26(25(19-8-4-2-5-9-19)20-10-6-3-7-11-20)27(37)36(23(28(38)39)14-15-30(31,32)17-33)45(41,42)21-12-13-22-24(16-21)44-18-34-22/h2-13,16,18,23,25-26H,14-15,17,33H2,1H3,(H,35,40)(H,38,39)/t23-,26-/m0/s1. The number of rotatable bonds is 13. The second-order valence-electron chi connectivity index (χ2n) is 9.99. The largest absolute Gasteiger partial charge is 0.480 e. The van der Waals surface area contributed by atoms with E-state index >= 15 is 0 Å². The van der Waals surface area contributed by atoms with Crippen molar-refractivity contribution in [2.45, 2.75) is 41.7 Å². The molecule has 15 heteroatoms. The number of sulfonamides is 1. The third-order valence-corrected chi connectivity index (χ3v) is 9.70. The Morgan fingerprint density at radius 3 is 2.18 bits per heavy atom. The Bertz CT molecular complexity index is 1720. The number of ether oxygens (including phenoxy) is 1. The highest BCUT2D eigenvalue weighted by molar-refractivity contribution is 7.89. The van der Waals surface area contributed by atoms with Crippen LogP contribution in [0.4, 0.5) is 13.6 Å². The van der Waals surface area contributed by atoms with Crippen LogP contribution in [-0.2, 0) is 24.3 Å². The van der Waals surface area contributed by atoms with Crippen LogP contribution in [0.25, 0.3) is 10.2 Å². The number of nitrogens with zero attached hydrogens (tertiary/aromatic N) is 2. The fraction of sp³-hybridized carbons (Fsp3) is 0.267. The number of hydrogen-bond acceptors (Lipinski definition) is 9. The lowest BCUT2D eigenvalue weighted by molar-refractivity contribution is -0.147. The number of benzene rings is 3. The normalized spacial score (nSPS) is 13.3. The highest BCUT2D eigenvalue weighted by Crippen LogP contribution is 2.34. The zero-order valence-electron chi connectivity index (χ0n) is 23.9. The number of hydrogen-bond donors (Lipinski definition) is 3. The number of nitrogens with one attached hydrogen (secondary N) is 1. The van der Waals surface area contributed by atoms with Gasteiger partial charge in [0.1, 0.15) is 12.1 Å². The molecule has 0 fully saturated rings. The lowest BCUT2D eigenvalue weighted by Crippen LogP contribution is -2.58. The van der Waals surface area contributed by atoms with Crippen molar-refractivity contribution >= 4 is 49.5 Å². The number of carboxylic acid groups (broad SMARTS) is 1. The Labute approximate surface area is 261 Å². The van der Waals surface area contributed by atoms with Gasteiger partial charge in [-0.25, -0.2) is 36.1 Å². The SMILES string of the molecule is COC(=O)N[C@H](C(=O)N([C@@H](CCC(F)(F)CN)C(=O)O)S(=O)(=O)c1ccc2ncsc2c1)C(c1ccccc1)c1ccccc1. The van der Waals surface area contributed by atoms with Crippen molar-refractivity contribution in [3.63, 3.8) is 0 Å². The van der Waals surface area contributed by atoms with Crippen LogP contribution in [0.15, 0.2) is 89.3 Å². The minimum absolute atomic E-state index is 0.0730. The van der Waals surface area contributed by atoms with E-state index in [9.17, 15) is 36.7 Å². The van der Waals surface area contributed by atoms with Crippen molar-refractivity contribution in [2.24, 2.45) is 5.73 Å². The number of alkyl halides is 2. The number of aliphatic carboxylic acids is 1. The van der Waals surface area contributed by atoms with E-state index in [2.05, 4.69) is 10.3 Å². The molecule has 0 bridgehead atoms. The van der Waals surface area contributed by atoms with Crippen LogP contribution in [0.1, 0.15) is 29.9 Å². The predicted octanol–water partition coefficient (Wildman–Crippen LogP) is 4.20. The number of thiazole rings is 1. The van der Waals surface area contributed by atoms with Gasteiger partial charge in [0.2, 0.25) is 0 Å². The molecule has 0 aliphatic rings. The molecule has 4 rings (SSSR count). The zero-order chi connectivity index (χ0) is 32.8. The molecule has 1 heterocycles. The Morgan fingerprint density at radius 2 is 1.64 bits per heavy atom. The van der Waals surface area contributed by atoms with Crippen molar-refractivity contribution in [3.8, 4) is 0 Å². The van der Waals surface area contributed by atoms with E-state index < -0.39 is 76.2 Å². The van der Waals surface area contributed by atoms with E-state index in [1.807, 2.05) is 0 Å². The summed E-state index contributed by atoms with van der Waals surface area (Å²) >= 11 is 1.10. The predicted molar refractivity (Wildman–Crippen MR) is 162 cm³/mol.